The molecule has 0 saturated heterocycles. The Kier molecular flexibility index (Phi) is 3.81. The summed E-state index contributed by atoms with van der Waals surface area (Å²) in [6.45, 7) is 0.303. The summed E-state index contributed by atoms with van der Waals surface area (Å²) in [5.74, 6) is 1.10. The van der Waals surface area contributed by atoms with Gasteiger partial charge in [0.2, 0.25) is 0 Å². The second-order valence-corrected chi connectivity index (χ2v) is 7.30. The summed E-state index contributed by atoms with van der Waals surface area (Å²) >= 11 is 7.39. The van der Waals surface area contributed by atoms with Gasteiger partial charge in [0.15, 0.2) is 0 Å². The number of alkyl halides is 2. The van der Waals surface area contributed by atoms with Crippen LogP contribution in [0.3, 0.4) is 0 Å². The lowest BCUT2D eigenvalue weighted by atomic mass is 10.0. The van der Waals surface area contributed by atoms with Crippen LogP contribution in [0.1, 0.15) is 25.7 Å². The number of halogens is 2. The topological polar surface area (TPSA) is 40.5 Å². The van der Waals surface area contributed by atoms with Gasteiger partial charge >= 0.3 is 0 Å². The second kappa shape index (κ2) is 4.63. The van der Waals surface area contributed by atoms with E-state index in [4.69, 9.17) is 0 Å². The van der Waals surface area contributed by atoms with E-state index in [0.29, 0.717) is 21.5 Å². The van der Waals surface area contributed by atoms with Gasteiger partial charge in [-0.25, -0.2) is 0 Å². The molecule has 2 aliphatic carbocycles. The van der Waals surface area contributed by atoms with Crippen LogP contribution in [0.5, 0.6) is 0 Å². The number of aliphatic hydroxyl groups is 2. The second-order valence-electron chi connectivity index (χ2n) is 4.95. The van der Waals surface area contributed by atoms with E-state index in [-0.39, 0.29) is 18.6 Å². The highest BCUT2D eigenvalue weighted by atomic mass is 79.9. The Labute approximate surface area is 108 Å². The lowest BCUT2D eigenvalue weighted by molar-refractivity contribution is 0.111. The molecule has 0 heterocycles. The van der Waals surface area contributed by atoms with Crippen LogP contribution in [-0.2, 0) is 0 Å². The molecule has 2 fully saturated rings. The normalized spacial score (nSPS) is 44.0. The predicted molar refractivity (Wildman–Crippen MR) is 67.5 cm³/mol. The Hall–Kier alpha value is 0.880. The first kappa shape index (κ1) is 12.3. The fourth-order valence-corrected chi connectivity index (χ4v) is 4.26. The quantitative estimate of drug-likeness (QED) is 0.757. The maximum atomic E-state index is 9.42. The first-order valence-corrected chi connectivity index (χ1v) is 7.48. The van der Waals surface area contributed by atoms with Gasteiger partial charge in [-0.05, 0) is 37.5 Å². The zero-order valence-corrected chi connectivity index (χ0v) is 11.9. The van der Waals surface area contributed by atoms with E-state index < -0.39 is 0 Å². The van der Waals surface area contributed by atoms with Crippen molar-refractivity contribution in [3.05, 3.63) is 0 Å². The molecule has 2 rings (SSSR count). The van der Waals surface area contributed by atoms with Gasteiger partial charge in [0, 0.05) is 15.1 Å². The zero-order chi connectivity index (χ0) is 11.1. The Bertz CT molecular complexity index is 211. The summed E-state index contributed by atoms with van der Waals surface area (Å²) in [6.07, 6.45) is 4.53. The van der Waals surface area contributed by atoms with Gasteiger partial charge in [-0.3, -0.25) is 0 Å². The molecule has 0 spiro atoms. The summed E-state index contributed by atoms with van der Waals surface area (Å²) in [6, 6.07) is 0. The SMILES string of the molecule is OCC1(CO)C2CCC(Br)C(Br)CC[C@H]21. The maximum absolute atomic E-state index is 9.42. The number of fused-ring (bicyclic) bond motifs is 1. The Morgan fingerprint density at radius 3 is 1.60 bits per heavy atom. The molecule has 0 bridgehead atoms. The van der Waals surface area contributed by atoms with Crippen molar-refractivity contribution in [1.29, 1.82) is 0 Å². The van der Waals surface area contributed by atoms with Crippen LogP contribution in [0.2, 0.25) is 0 Å². The van der Waals surface area contributed by atoms with Gasteiger partial charge in [0.1, 0.15) is 0 Å². The van der Waals surface area contributed by atoms with Crippen molar-refractivity contribution in [3.8, 4) is 0 Å². The molecule has 15 heavy (non-hydrogen) atoms. The van der Waals surface area contributed by atoms with E-state index in [0.717, 1.165) is 25.7 Å². The van der Waals surface area contributed by atoms with E-state index >= 15 is 0 Å². The molecular weight excluding hydrogens is 324 g/mol. The van der Waals surface area contributed by atoms with E-state index in [9.17, 15) is 10.2 Å². The number of hydrogen-bond donors (Lipinski definition) is 2. The van der Waals surface area contributed by atoms with Gasteiger partial charge in [-0.1, -0.05) is 31.9 Å². The summed E-state index contributed by atoms with van der Waals surface area (Å²) in [4.78, 5) is 1.07. The average molecular weight is 342 g/mol. The standard InChI is InChI=1S/C11H18Br2O2/c12-9-3-1-7-8(2-4-10(9)13)11(7,5-14)6-15/h7-10,14-15H,1-6H2/t7-,8?,9?,10?/m1/s1. The van der Waals surface area contributed by atoms with Crippen LogP contribution in [-0.4, -0.2) is 33.1 Å². The Balaban J connectivity index is 2.03. The molecule has 2 saturated carbocycles. The smallest absolute Gasteiger partial charge is 0.0514 e. The average Bonchev–Trinajstić information content (AvgIpc) is 2.87. The molecule has 0 aromatic rings. The first-order chi connectivity index (χ1) is 7.15. The minimum atomic E-state index is -0.149. The molecule has 2 nitrogen and oxygen atoms in total. The predicted octanol–water partition coefficient (Wildman–Crippen LogP) is 2.30. The summed E-state index contributed by atoms with van der Waals surface area (Å²) < 4.78 is 0. The highest BCUT2D eigenvalue weighted by molar-refractivity contribution is 9.12. The van der Waals surface area contributed by atoms with Crippen LogP contribution in [0, 0.1) is 17.3 Å². The molecule has 0 aromatic heterocycles. The number of hydrogen-bond acceptors (Lipinski definition) is 2. The van der Waals surface area contributed by atoms with Gasteiger partial charge in [-0.2, -0.15) is 0 Å². The molecule has 4 heteroatoms. The van der Waals surface area contributed by atoms with Crippen molar-refractivity contribution in [1.82, 2.24) is 0 Å². The lowest BCUT2D eigenvalue weighted by Gasteiger charge is -2.18. The molecule has 0 amide bonds. The van der Waals surface area contributed by atoms with Crippen LogP contribution < -0.4 is 0 Å². The molecule has 2 aliphatic rings. The third-order valence-corrected chi connectivity index (χ3v) is 7.24. The monoisotopic (exact) mass is 340 g/mol. The molecule has 3 unspecified atom stereocenters. The summed E-state index contributed by atoms with van der Waals surface area (Å²) in [7, 11) is 0. The van der Waals surface area contributed by atoms with E-state index in [2.05, 4.69) is 31.9 Å². The largest absolute Gasteiger partial charge is 0.396 e. The molecule has 2 N–H and O–H groups in total. The molecule has 4 atom stereocenters. The van der Waals surface area contributed by atoms with E-state index in [1.54, 1.807) is 0 Å². The van der Waals surface area contributed by atoms with Gasteiger partial charge < -0.3 is 10.2 Å². The molecule has 88 valence electrons. The molecular formula is C11H18Br2O2. The van der Waals surface area contributed by atoms with E-state index in [1.807, 2.05) is 0 Å². The molecule has 0 radical (unpaired) electrons. The van der Waals surface area contributed by atoms with Crippen LogP contribution in [0.15, 0.2) is 0 Å². The maximum Gasteiger partial charge on any atom is 0.0514 e. The fraction of sp³-hybridized carbons (Fsp3) is 1.00. The highest BCUT2D eigenvalue weighted by Gasteiger charge is 2.62. The van der Waals surface area contributed by atoms with Crippen molar-refractivity contribution in [2.75, 3.05) is 13.2 Å². The first-order valence-electron chi connectivity index (χ1n) is 5.65. The van der Waals surface area contributed by atoms with Crippen LogP contribution in [0.4, 0.5) is 0 Å². The fourth-order valence-electron chi connectivity index (χ4n) is 3.21. The molecule has 0 aromatic carbocycles. The van der Waals surface area contributed by atoms with Gasteiger partial charge in [0.25, 0.3) is 0 Å². The highest BCUT2D eigenvalue weighted by Crippen LogP contribution is 2.63. The van der Waals surface area contributed by atoms with Crippen molar-refractivity contribution in [2.45, 2.75) is 35.3 Å². The van der Waals surface area contributed by atoms with Crippen molar-refractivity contribution >= 4 is 31.9 Å². The lowest BCUT2D eigenvalue weighted by Crippen LogP contribution is -2.16. The molecule has 0 aliphatic heterocycles. The summed E-state index contributed by atoms with van der Waals surface area (Å²) in [5, 5.41) is 18.8. The number of aliphatic hydroxyl groups excluding tert-OH is 2. The Morgan fingerprint density at radius 1 is 0.867 bits per heavy atom. The van der Waals surface area contributed by atoms with Crippen molar-refractivity contribution in [3.63, 3.8) is 0 Å². The van der Waals surface area contributed by atoms with E-state index in [1.165, 1.54) is 0 Å². The Morgan fingerprint density at radius 2 is 1.27 bits per heavy atom. The minimum absolute atomic E-state index is 0.149. The van der Waals surface area contributed by atoms with Crippen molar-refractivity contribution in [2.24, 2.45) is 17.3 Å². The van der Waals surface area contributed by atoms with Crippen LogP contribution in [0.25, 0.3) is 0 Å². The summed E-state index contributed by atoms with van der Waals surface area (Å²) in [5.41, 5.74) is -0.149. The number of rotatable bonds is 2. The zero-order valence-electron chi connectivity index (χ0n) is 8.70. The third kappa shape index (κ3) is 2.03. The van der Waals surface area contributed by atoms with Crippen molar-refractivity contribution < 1.29 is 10.2 Å². The third-order valence-electron chi connectivity index (χ3n) is 4.34. The van der Waals surface area contributed by atoms with Gasteiger partial charge in [0.05, 0.1) is 13.2 Å². The van der Waals surface area contributed by atoms with Crippen LogP contribution >= 0.6 is 31.9 Å². The minimum Gasteiger partial charge on any atom is -0.396 e. The van der Waals surface area contributed by atoms with Gasteiger partial charge in [-0.15, -0.1) is 0 Å².